The summed E-state index contributed by atoms with van der Waals surface area (Å²) in [6.45, 7) is 0. The van der Waals surface area contributed by atoms with Crippen LogP contribution >= 0.6 is 22.7 Å². The Kier molecular flexibility index (Phi) is 3.83. The molecule has 3 aromatic rings. The number of ketones is 1. The maximum Gasteiger partial charge on any atom is 0.455 e. The third kappa shape index (κ3) is 3.09. The Morgan fingerprint density at radius 2 is 2.09 bits per heavy atom. The molecule has 0 radical (unpaired) electrons. The van der Waals surface area contributed by atoms with Gasteiger partial charge < -0.3 is 4.52 Å². The summed E-state index contributed by atoms with van der Waals surface area (Å²) in [5.41, 5.74) is 0. The molecule has 3 rings (SSSR count). The largest absolute Gasteiger partial charge is 0.455 e. The fourth-order valence-corrected chi connectivity index (χ4v) is 3.30. The smallest absolute Gasteiger partial charge is 0.333 e. The monoisotopic (exact) mass is 344 g/mol. The minimum Gasteiger partial charge on any atom is -0.333 e. The van der Waals surface area contributed by atoms with E-state index < -0.39 is 16.8 Å². The highest BCUT2D eigenvalue weighted by Gasteiger charge is 2.40. The van der Waals surface area contributed by atoms with Crippen LogP contribution in [0.1, 0.15) is 20.4 Å². The summed E-state index contributed by atoms with van der Waals surface area (Å²) >= 11 is 2.22. The first-order chi connectivity index (χ1) is 10.4. The van der Waals surface area contributed by atoms with Crippen molar-refractivity contribution in [3.63, 3.8) is 0 Å². The highest BCUT2D eigenvalue weighted by Crippen LogP contribution is 2.31. The van der Waals surface area contributed by atoms with Crippen molar-refractivity contribution in [1.29, 1.82) is 0 Å². The molecule has 3 heterocycles. The minimum atomic E-state index is -4.89. The van der Waals surface area contributed by atoms with E-state index in [1.165, 1.54) is 6.07 Å². The van der Waals surface area contributed by atoms with Gasteiger partial charge in [0.05, 0.1) is 9.75 Å². The van der Waals surface area contributed by atoms with Crippen LogP contribution in [0.15, 0.2) is 34.2 Å². The van der Waals surface area contributed by atoms with E-state index in [2.05, 4.69) is 10.1 Å². The number of alkyl halides is 3. The van der Waals surface area contributed by atoms with E-state index in [1.807, 2.05) is 17.5 Å². The molecule has 9 heteroatoms. The molecule has 0 atom stereocenters. The van der Waals surface area contributed by atoms with Gasteiger partial charge in [-0.05, 0) is 23.6 Å². The molecule has 0 saturated carbocycles. The second-order valence-electron chi connectivity index (χ2n) is 4.26. The number of halogens is 3. The van der Waals surface area contributed by atoms with Crippen molar-refractivity contribution in [1.82, 2.24) is 10.1 Å². The molecule has 3 aromatic heterocycles. The molecule has 0 spiro atoms. The Bertz CT molecular complexity index is 790. The van der Waals surface area contributed by atoms with Gasteiger partial charge in [0.25, 0.3) is 11.7 Å². The van der Waals surface area contributed by atoms with Gasteiger partial charge >= 0.3 is 6.18 Å². The lowest BCUT2D eigenvalue weighted by Gasteiger charge is -2.00. The number of Topliss-reactive ketones (excluding diaryl/α,β-unsaturated/α-hetero) is 1. The van der Waals surface area contributed by atoms with Gasteiger partial charge in [-0.2, -0.15) is 18.2 Å². The third-order valence-electron chi connectivity index (χ3n) is 2.68. The second kappa shape index (κ2) is 5.65. The van der Waals surface area contributed by atoms with Crippen LogP contribution in [0.5, 0.6) is 0 Å². The van der Waals surface area contributed by atoms with Crippen LogP contribution in [0.25, 0.3) is 10.8 Å². The number of thiophene rings is 2. The first-order valence-corrected chi connectivity index (χ1v) is 7.70. The van der Waals surface area contributed by atoms with Crippen LogP contribution in [0.2, 0.25) is 0 Å². The summed E-state index contributed by atoms with van der Waals surface area (Å²) in [7, 11) is 0. The van der Waals surface area contributed by atoms with E-state index in [0.29, 0.717) is 28.5 Å². The van der Waals surface area contributed by atoms with Gasteiger partial charge in [-0.15, -0.1) is 22.7 Å². The highest BCUT2D eigenvalue weighted by atomic mass is 32.1. The van der Waals surface area contributed by atoms with E-state index in [-0.39, 0.29) is 5.89 Å². The first-order valence-electron chi connectivity index (χ1n) is 6.00. The summed E-state index contributed by atoms with van der Waals surface area (Å²) in [4.78, 5) is 16.3. The standard InChI is InChI=1S/C13H7F3N2O2S2/c14-13(15,16)11(19)8-3-4-9(22-8)12-17-10(18-20-12)6-7-2-1-5-21-7/h1-5H,6H2. The zero-order valence-corrected chi connectivity index (χ0v) is 12.4. The quantitative estimate of drug-likeness (QED) is 0.666. The number of aromatic nitrogens is 2. The number of hydrogen-bond acceptors (Lipinski definition) is 6. The van der Waals surface area contributed by atoms with Gasteiger partial charge in [-0.3, -0.25) is 4.79 Å². The van der Waals surface area contributed by atoms with E-state index in [1.54, 1.807) is 11.3 Å². The SMILES string of the molecule is O=C(c1ccc(-c2nc(Cc3cccs3)no2)s1)C(F)(F)F. The summed E-state index contributed by atoms with van der Waals surface area (Å²) in [6.07, 6.45) is -4.40. The van der Waals surface area contributed by atoms with Crippen molar-refractivity contribution in [2.75, 3.05) is 0 Å². The fraction of sp³-hybridized carbons (Fsp3) is 0.154. The van der Waals surface area contributed by atoms with Crippen LogP contribution in [0.4, 0.5) is 13.2 Å². The molecule has 4 nitrogen and oxygen atoms in total. The second-order valence-corrected chi connectivity index (χ2v) is 6.38. The maximum atomic E-state index is 12.4. The van der Waals surface area contributed by atoms with Crippen molar-refractivity contribution < 1.29 is 22.5 Å². The molecular weight excluding hydrogens is 337 g/mol. The average Bonchev–Trinajstić information content (AvgIpc) is 3.18. The van der Waals surface area contributed by atoms with Crippen molar-refractivity contribution in [3.8, 4) is 10.8 Å². The molecule has 0 aliphatic heterocycles. The fourth-order valence-electron chi connectivity index (χ4n) is 1.71. The van der Waals surface area contributed by atoms with E-state index in [9.17, 15) is 18.0 Å². The summed E-state index contributed by atoms with van der Waals surface area (Å²) in [5.74, 6) is -1.32. The number of nitrogens with zero attached hydrogens (tertiary/aromatic N) is 2. The number of hydrogen-bond donors (Lipinski definition) is 0. The zero-order valence-electron chi connectivity index (χ0n) is 10.8. The Hall–Kier alpha value is -2.00. The Balaban J connectivity index is 1.79. The van der Waals surface area contributed by atoms with E-state index in [0.717, 1.165) is 10.9 Å². The summed E-state index contributed by atoms with van der Waals surface area (Å²) < 4.78 is 42.1. The topological polar surface area (TPSA) is 56.0 Å². The van der Waals surface area contributed by atoms with Crippen LogP contribution in [0.3, 0.4) is 0 Å². The molecule has 0 unspecified atom stereocenters. The highest BCUT2D eigenvalue weighted by molar-refractivity contribution is 7.17. The van der Waals surface area contributed by atoms with Gasteiger partial charge in [-0.25, -0.2) is 0 Å². The molecule has 0 aliphatic carbocycles. The molecule has 0 aromatic carbocycles. The number of carbonyl (C=O) groups is 1. The minimum absolute atomic E-state index is 0.109. The lowest BCUT2D eigenvalue weighted by atomic mass is 10.3. The molecule has 22 heavy (non-hydrogen) atoms. The van der Waals surface area contributed by atoms with Gasteiger partial charge in [0.1, 0.15) is 0 Å². The Morgan fingerprint density at radius 1 is 1.27 bits per heavy atom. The summed E-state index contributed by atoms with van der Waals surface area (Å²) in [5, 5.41) is 5.71. The van der Waals surface area contributed by atoms with Crippen LogP contribution in [0, 0.1) is 0 Å². The number of rotatable bonds is 4. The predicted molar refractivity (Wildman–Crippen MR) is 75.1 cm³/mol. The van der Waals surface area contributed by atoms with Crippen LogP contribution < -0.4 is 0 Å². The normalized spacial score (nSPS) is 11.8. The first kappa shape index (κ1) is 14.9. The van der Waals surface area contributed by atoms with Crippen molar-refractivity contribution in [3.05, 3.63) is 45.2 Å². The maximum absolute atomic E-state index is 12.4. The van der Waals surface area contributed by atoms with E-state index in [4.69, 9.17) is 4.52 Å². The van der Waals surface area contributed by atoms with Crippen LogP contribution in [-0.2, 0) is 6.42 Å². The molecule has 0 aliphatic rings. The molecule has 0 N–H and O–H groups in total. The number of carbonyl (C=O) groups excluding carboxylic acids is 1. The molecule has 114 valence electrons. The Morgan fingerprint density at radius 3 is 2.77 bits per heavy atom. The molecular formula is C13H7F3N2O2S2. The van der Waals surface area contributed by atoms with E-state index >= 15 is 0 Å². The van der Waals surface area contributed by atoms with Crippen molar-refractivity contribution >= 4 is 28.5 Å². The summed E-state index contributed by atoms with van der Waals surface area (Å²) in [6, 6.07) is 6.30. The van der Waals surface area contributed by atoms with Gasteiger partial charge in [0.2, 0.25) is 0 Å². The molecule has 0 fully saturated rings. The molecule has 0 saturated heterocycles. The van der Waals surface area contributed by atoms with Crippen molar-refractivity contribution in [2.45, 2.75) is 12.6 Å². The molecule has 0 amide bonds. The lowest BCUT2D eigenvalue weighted by Crippen LogP contribution is -2.21. The predicted octanol–water partition coefficient (Wildman–Crippen LogP) is 4.20. The van der Waals surface area contributed by atoms with Gasteiger partial charge in [0.15, 0.2) is 5.82 Å². The lowest BCUT2D eigenvalue weighted by molar-refractivity contribution is -0.0882. The third-order valence-corrected chi connectivity index (χ3v) is 4.63. The van der Waals surface area contributed by atoms with Gasteiger partial charge in [-0.1, -0.05) is 11.2 Å². The zero-order chi connectivity index (χ0) is 15.7. The van der Waals surface area contributed by atoms with Crippen molar-refractivity contribution in [2.24, 2.45) is 0 Å². The average molecular weight is 344 g/mol. The van der Waals surface area contributed by atoms with Crippen LogP contribution in [-0.4, -0.2) is 22.1 Å². The molecule has 0 bridgehead atoms. The Labute approximate surface area is 130 Å². The van der Waals surface area contributed by atoms with Gasteiger partial charge in [0, 0.05) is 11.3 Å².